The third kappa shape index (κ3) is 4.02. The van der Waals surface area contributed by atoms with Crippen LogP contribution in [-0.2, 0) is 14.9 Å². The van der Waals surface area contributed by atoms with E-state index in [1.807, 2.05) is 0 Å². The number of nitrogens with zero attached hydrogens (tertiary/aromatic N) is 1. The first-order chi connectivity index (χ1) is 10.8. The van der Waals surface area contributed by atoms with E-state index in [0.717, 1.165) is 12.3 Å². The zero-order valence-electron chi connectivity index (χ0n) is 12.3. The van der Waals surface area contributed by atoms with E-state index in [4.69, 9.17) is 0 Å². The molecule has 0 spiro atoms. The van der Waals surface area contributed by atoms with Crippen LogP contribution in [0.1, 0.15) is 10.4 Å². The lowest BCUT2D eigenvalue weighted by atomic mass is 10.0. The van der Waals surface area contributed by atoms with E-state index in [1.54, 1.807) is 0 Å². The molecule has 0 saturated carbocycles. The molecule has 23 heavy (non-hydrogen) atoms. The van der Waals surface area contributed by atoms with E-state index < -0.39 is 21.7 Å². The summed E-state index contributed by atoms with van der Waals surface area (Å²) in [7, 11) is -2.45. The zero-order valence-corrected chi connectivity index (χ0v) is 13.1. The quantitative estimate of drug-likeness (QED) is 0.806. The largest absolute Gasteiger partial charge is 0.280 e. The number of anilines is 1. The Kier molecular flexibility index (Phi) is 4.92. The summed E-state index contributed by atoms with van der Waals surface area (Å²) in [6.07, 6.45) is 2.31. The van der Waals surface area contributed by atoms with Gasteiger partial charge in [-0.15, -0.1) is 0 Å². The maximum Gasteiger partial charge on any atom is 0.277 e. The van der Waals surface area contributed by atoms with E-state index in [1.165, 1.54) is 37.6 Å². The number of nitrogens with one attached hydrogen (secondary N) is 2. The third-order valence-corrected chi connectivity index (χ3v) is 3.38. The van der Waals surface area contributed by atoms with Gasteiger partial charge in [0.15, 0.2) is 0 Å². The number of hydroxylamine groups is 1. The highest BCUT2D eigenvalue weighted by Gasteiger charge is 2.20. The van der Waals surface area contributed by atoms with Gasteiger partial charge >= 0.3 is 0 Å². The van der Waals surface area contributed by atoms with Crippen LogP contribution in [-0.4, -0.2) is 32.7 Å². The number of para-hydroxylation sites is 1. The number of hydrogen-bond acceptors (Lipinski definition) is 5. The third-order valence-electron chi connectivity index (χ3n) is 2.80. The molecule has 0 radical (unpaired) electrons. The molecule has 1 amide bonds. The number of aromatic nitrogens is 1. The van der Waals surface area contributed by atoms with Crippen molar-refractivity contribution < 1.29 is 22.4 Å². The maximum atomic E-state index is 14.1. The molecule has 0 aliphatic carbocycles. The molecule has 0 unspecified atom stereocenters. The summed E-state index contributed by atoms with van der Waals surface area (Å²) in [5.41, 5.74) is 2.23. The molecule has 0 fully saturated rings. The number of carbonyl (C=O) groups excluding carboxylic acids is 1. The monoisotopic (exact) mass is 339 g/mol. The lowest BCUT2D eigenvalue weighted by molar-refractivity contribution is 0.0538. The van der Waals surface area contributed by atoms with Gasteiger partial charge < -0.3 is 0 Å². The van der Waals surface area contributed by atoms with E-state index in [-0.39, 0.29) is 22.5 Å². The molecule has 0 saturated heterocycles. The second-order valence-corrected chi connectivity index (χ2v) is 6.32. The summed E-state index contributed by atoms with van der Waals surface area (Å²) in [5, 5.41) is 0. The second kappa shape index (κ2) is 6.71. The number of pyridine rings is 1. The second-order valence-electron chi connectivity index (χ2n) is 4.57. The van der Waals surface area contributed by atoms with Crippen molar-refractivity contribution in [2.24, 2.45) is 0 Å². The predicted molar refractivity (Wildman–Crippen MR) is 82.6 cm³/mol. The van der Waals surface area contributed by atoms with Gasteiger partial charge in [0, 0.05) is 11.8 Å². The minimum absolute atomic E-state index is 0.108. The van der Waals surface area contributed by atoms with E-state index in [0.29, 0.717) is 0 Å². The number of benzene rings is 1. The molecule has 122 valence electrons. The van der Waals surface area contributed by atoms with Crippen LogP contribution in [0.15, 0.2) is 36.5 Å². The van der Waals surface area contributed by atoms with Crippen molar-refractivity contribution in [1.82, 2.24) is 10.5 Å². The molecule has 1 aromatic carbocycles. The number of hydrogen-bond donors (Lipinski definition) is 2. The van der Waals surface area contributed by atoms with Crippen molar-refractivity contribution in [3.63, 3.8) is 0 Å². The summed E-state index contributed by atoms with van der Waals surface area (Å²) in [6.45, 7) is 0. The first kappa shape index (κ1) is 16.8. The lowest BCUT2D eigenvalue weighted by Crippen LogP contribution is -2.23. The fourth-order valence-electron chi connectivity index (χ4n) is 1.96. The normalized spacial score (nSPS) is 11.1. The molecular weight excluding hydrogens is 325 g/mol. The fourth-order valence-corrected chi connectivity index (χ4v) is 2.54. The van der Waals surface area contributed by atoms with Crippen molar-refractivity contribution in [1.29, 1.82) is 0 Å². The van der Waals surface area contributed by atoms with Crippen molar-refractivity contribution in [2.75, 3.05) is 18.1 Å². The van der Waals surface area contributed by atoms with Crippen molar-refractivity contribution in [2.45, 2.75) is 0 Å². The smallest absolute Gasteiger partial charge is 0.277 e. The molecule has 7 nitrogen and oxygen atoms in total. The van der Waals surface area contributed by atoms with E-state index >= 15 is 0 Å². The van der Waals surface area contributed by atoms with Gasteiger partial charge in [0.05, 0.1) is 30.3 Å². The number of amides is 1. The van der Waals surface area contributed by atoms with E-state index in [2.05, 4.69) is 20.0 Å². The Bertz CT molecular complexity index is 840. The van der Waals surface area contributed by atoms with Crippen LogP contribution in [0.25, 0.3) is 11.3 Å². The first-order valence-electron chi connectivity index (χ1n) is 6.38. The maximum absolute atomic E-state index is 14.1. The van der Waals surface area contributed by atoms with Crippen LogP contribution < -0.4 is 10.2 Å². The Labute approximate surface area is 132 Å². The molecule has 2 N–H and O–H groups in total. The van der Waals surface area contributed by atoms with Gasteiger partial charge in [-0.25, -0.2) is 18.3 Å². The minimum Gasteiger partial charge on any atom is -0.280 e. The lowest BCUT2D eigenvalue weighted by Gasteiger charge is -2.13. The highest BCUT2D eigenvalue weighted by molar-refractivity contribution is 7.92. The van der Waals surface area contributed by atoms with Gasteiger partial charge in [-0.1, -0.05) is 12.1 Å². The van der Waals surface area contributed by atoms with Crippen LogP contribution in [0.4, 0.5) is 10.1 Å². The number of carbonyl (C=O) groups is 1. The van der Waals surface area contributed by atoms with Gasteiger partial charge in [-0.3, -0.25) is 19.3 Å². The molecule has 1 aromatic heterocycles. The van der Waals surface area contributed by atoms with Crippen LogP contribution >= 0.6 is 0 Å². The van der Waals surface area contributed by atoms with Crippen molar-refractivity contribution in [3.8, 4) is 11.3 Å². The Morgan fingerprint density at radius 1 is 1.26 bits per heavy atom. The number of halogens is 1. The Morgan fingerprint density at radius 2 is 2.00 bits per heavy atom. The van der Waals surface area contributed by atoms with Gasteiger partial charge in [0.2, 0.25) is 10.0 Å². The summed E-state index contributed by atoms with van der Waals surface area (Å²) >= 11 is 0. The molecule has 0 atom stereocenters. The Balaban J connectivity index is 2.64. The number of sulfonamides is 1. The van der Waals surface area contributed by atoms with Gasteiger partial charge in [-0.2, -0.15) is 0 Å². The fraction of sp³-hybridized carbons (Fsp3) is 0.143. The first-order valence-corrected chi connectivity index (χ1v) is 8.27. The van der Waals surface area contributed by atoms with Crippen LogP contribution in [0.3, 0.4) is 0 Å². The molecule has 0 aliphatic rings. The average molecular weight is 339 g/mol. The molecule has 9 heteroatoms. The molecule has 2 aromatic rings. The number of rotatable bonds is 5. The summed E-state index contributed by atoms with van der Waals surface area (Å²) < 4.78 is 39.1. The molecular formula is C14H14FN3O4S. The Hall–Kier alpha value is -2.52. The molecule has 0 bridgehead atoms. The minimum atomic E-state index is -3.72. The summed E-state index contributed by atoms with van der Waals surface area (Å²) in [6, 6.07) is 6.95. The zero-order chi connectivity index (χ0) is 17.0. The van der Waals surface area contributed by atoms with E-state index in [9.17, 15) is 17.6 Å². The van der Waals surface area contributed by atoms with Gasteiger partial charge in [-0.05, 0) is 18.2 Å². The SMILES string of the molecule is CONC(=O)c1cccnc1-c1cccc(F)c1NS(C)(=O)=O. The molecule has 1 heterocycles. The van der Waals surface area contributed by atoms with Crippen LogP contribution in [0.2, 0.25) is 0 Å². The molecule has 0 aliphatic heterocycles. The summed E-state index contributed by atoms with van der Waals surface area (Å²) in [4.78, 5) is 20.6. The van der Waals surface area contributed by atoms with Crippen molar-refractivity contribution >= 4 is 21.6 Å². The topological polar surface area (TPSA) is 97.4 Å². The molecule has 2 rings (SSSR count). The van der Waals surface area contributed by atoms with Gasteiger partial charge in [0.25, 0.3) is 5.91 Å². The van der Waals surface area contributed by atoms with Gasteiger partial charge in [0.1, 0.15) is 5.82 Å². The Morgan fingerprint density at radius 3 is 2.65 bits per heavy atom. The predicted octanol–water partition coefficient (Wildman–Crippen LogP) is 1.55. The van der Waals surface area contributed by atoms with Crippen LogP contribution in [0.5, 0.6) is 0 Å². The van der Waals surface area contributed by atoms with Crippen molar-refractivity contribution in [3.05, 3.63) is 47.9 Å². The van der Waals surface area contributed by atoms with Crippen LogP contribution in [0, 0.1) is 5.82 Å². The highest BCUT2D eigenvalue weighted by Crippen LogP contribution is 2.31. The summed E-state index contributed by atoms with van der Waals surface area (Å²) in [5.74, 6) is -1.37. The highest BCUT2D eigenvalue weighted by atomic mass is 32.2. The average Bonchev–Trinajstić information content (AvgIpc) is 2.48. The standard InChI is InChI=1S/C14H14FN3O4S/c1-22-17-14(19)10-6-4-8-16-12(10)9-5-3-7-11(15)13(9)18-23(2,20)21/h3-8,18H,1-2H3,(H,17,19).